The number of fused-ring (bicyclic) bond motifs is 1. The first kappa shape index (κ1) is 21.2. The SMILES string of the molecule is COc1cc(NC(=O)COC(=O)c2ccc3nc(Cl)ccc3c2)cc(OC)c1OC. The molecule has 2 aromatic carbocycles. The van der Waals surface area contributed by atoms with Crippen LogP contribution in [0.2, 0.25) is 5.15 Å². The third-order valence-corrected chi connectivity index (χ3v) is 4.38. The number of carbonyl (C=O) groups excluding carboxylic acids is 2. The Labute approximate surface area is 177 Å². The summed E-state index contributed by atoms with van der Waals surface area (Å²) in [4.78, 5) is 28.7. The van der Waals surface area contributed by atoms with Gasteiger partial charge in [-0.2, -0.15) is 0 Å². The molecule has 0 bridgehead atoms. The maximum absolute atomic E-state index is 12.3. The van der Waals surface area contributed by atoms with E-state index < -0.39 is 18.5 Å². The van der Waals surface area contributed by atoms with E-state index in [1.165, 1.54) is 21.3 Å². The summed E-state index contributed by atoms with van der Waals surface area (Å²) in [6.45, 7) is -0.466. The van der Waals surface area contributed by atoms with Crippen LogP contribution < -0.4 is 19.5 Å². The third kappa shape index (κ3) is 4.72. The number of hydrogen-bond donors (Lipinski definition) is 1. The summed E-state index contributed by atoms with van der Waals surface area (Å²) in [5.74, 6) is 0.0123. The maximum atomic E-state index is 12.3. The minimum Gasteiger partial charge on any atom is -0.493 e. The summed E-state index contributed by atoms with van der Waals surface area (Å²) in [6.07, 6.45) is 0. The van der Waals surface area contributed by atoms with Crippen molar-refractivity contribution in [2.24, 2.45) is 0 Å². The molecule has 0 saturated carbocycles. The highest BCUT2D eigenvalue weighted by atomic mass is 35.5. The van der Waals surface area contributed by atoms with Crippen LogP contribution >= 0.6 is 11.6 Å². The number of hydrogen-bond acceptors (Lipinski definition) is 7. The fourth-order valence-electron chi connectivity index (χ4n) is 2.79. The average molecular weight is 431 g/mol. The molecule has 3 rings (SSSR count). The normalized spacial score (nSPS) is 10.4. The number of rotatable bonds is 7. The Bertz CT molecular complexity index is 1080. The lowest BCUT2D eigenvalue weighted by atomic mass is 10.1. The molecule has 0 unspecified atom stereocenters. The molecule has 30 heavy (non-hydrogen) atoms. The number of benzene rings is 2. The Morgan fingerprint density at radius 2 is 1.67 bits per heavy atom. The van der Waals surface area contributed by atoms with Gasteiger partial charge in [-0.05, 0) is 30.3 Å². The molecular formula is C21H19ClN2O6. The standard InChI is InChI=1S/C21H19ClN2O6/c1-27-16-9-14(10-17(28-2)20(16)29-3)23-19(25)11-30-21(26)13-4-6-15-12(8-13)5-7-18(22)24-15/h4-10H,11H2,1-3H3,(H,23,25). The number of pyridine rings is 1. The van der Waals surface area contributed by atoms with Gasteiger partial charge >= 0.3 is 5.97 Å². The molecule has 1 aromatic heterocycles. The molecule has 0 atom stereocenters. The first-order valence-electron chi connectivity index (χ1n) is 8.78. The molecule has 8 nitrogen and oxygen atoms in total. The summed E-state index contributed by atoms with van der Waals surface area (Å²) in [7, 11) is 4.42. The minimum atomic E-state index is -0.633. The van der Waals surface area contributed by atoms with Crippen LogP contribution in [0.15, 0.2) is 42.5 Å². The number of methoxy groups -OCH3 is 3. The van der Waals surface area contributed by atoms with Gasteiger partial charge in [0.1, 0.15) is 5.15 Å². The van der Waals surface area contributed by atoms with Crippen molar-refractivity contribution in [2.45, 2.75) is 0 Å². The second kappa shape index (κ2) is 9.32. The van der Waals surface area contributed by atoms with Crippen molar-refractivity contribution in [3.05, 3.63) is 53.2 Å². The second-order valence-corrected chi connectivity index (χ2v) is 6.47. The van der Waals surface area contributed by atoms with Crippen LogP contribution in [0.1, 0.15) is 10.4 Å². The van der Waals surface area contributed by atoms with Gasteiger partial charge in [0.05, 0.1) is 32.4 Å². The van der Waals surface area contributed by atoms with Crippen LogP contribution in [0.4, 0.5) is 5.69 Å². The predicted octanol–water partition coefficient (Wildman–Crippen LogP) is 3.71. The smallest absolute Gasteiger partial charge is 0.338 e. The van der Waals surface area contributed by atoms with Gasteiger partial charge in [-0.15, -0.1) is 0 Å². The lowest BCUT2D eigenvalue weighted by Gasteiger charge is -2.14. The number of esters is 1. The van der Waals surface area contributed by atoms with E-state index in [1.807, 2.05) is 0 Å². The first-order chi connectivity index (χ1) is 14.4. The molecule has 1 heterocycles. The zero-order chi connectivity index (χ0) is 21.7. The molecule has 0 fully saturated rings. The number of aromatic nitrogens is 1. The second-order valence-electron chi connectivity index (χ2n) is 6.08. The number of nitrogens with one attached hydrogen (secondary N) is 1. The van der Waals surface area contributed by atoms with E-state index >= 15 is 0 Å². The molecule has 0 spiro atoms. The number of ether oxygens (including phenoxy) is 4. The quantitative estimate of drug-likeness (QED) is 0.451. The predicted molar refractivity (Wildman–Crippen MR) is 112 cm³/mol. The van der Waals surface area contributed by atoms with E-state index in [4.69, 9.17) is 30.5 Å². The summed E-state index contributed by atoms with van der Waals surface area (Å²) < 4.78 is 20.8. The number of carbonyl (C=O) groups is 2. The van der Waals surface area contributed by atoms with Gasteiger partial charge in [0, 0.05) is 23.2 Å². The molecule has 1 N–H and O–H groups in total. The lowest BCUT2D eigenvalue weighted by molar-refractivity contribution is -0.119. The summed E-state index contributed by atoms with van der Waals surface area (Å²) in [5, 5.41) is 3.72. The largest absolute Gasteiger partial charge is 0.493 e. The zero-order valence-electron chi connectivity index (χ0n) is 16.5. The van der Waals surface area contributed by atoms with Crippen molar-refractivity contribution in [1.29, 1.82) is 0 Å². The maximum Gasteiger partial charge on any atom is 0.338 e. The van der Waals surface area contributed by atoms with Crippen LogP contribution in [0.3, 0.4) is 0 Å². The van der Waals surface area contributed by atoms with E-state index in [0.29, 0.717) is 39.2 Å². The van der Waals surface area contributed by atoms with Crippen molar-refractivity contribution in [3.8, 4) is 17.2 Å². The van der Waals surface area contributed by atoms with Crippen LogP contribution in [0.25, 0.3) is 10.9 Å². The van der Waals surface area contributed by atoms with Gasteiger partial charge in [-0.25, -0.2) is 9.78 Å². The Morgan fingerprint density at radius 1 is 0.967 bits per heavy atom. The van der Waals surface area contributed by atoms with Gasteiger partial charge in [-0.3, -0.25) is 4.79 Å². The third-order valence-electron chi connectivity index (χ3n) is 4.17. The summed E-state index contributed by atoms with van der Waals surface area (Å²) >= 11 is 5.86. The van der Waals surface area contributed by atoms with Crippen LogP contribution in [0.5, 0.6) is 17.2 Å². The Morgan fingerprint density at radius 3 is 2.30 bits per heavy atom. The molecular weight excluding hydrogens is 412 g/mol. The highest BCUT2D eigenvalue weighted by molar-refractivity contribution is 6.29. The molecule has 0 radical (unpaired) electrons. The van der Waals surface area contributed by atoms with Gasteiger partial charge < -0.3 is 24.3 Å². The van der Waals surface area contributed by atoms with Crippen molar-refractivity contribution in [1.82, 2.24) is 4.98 Å². The van der Waals surface area contributed by atoms with Gasteiger partial charge in [0.15, 0.2) is 18.1 Å². The molecule has 0 aliphatic carbocycles. The first-order valence-corrected chi connectivity index (χ1v) is 9.16. The lowest BCUT2D eigenvalue weighted by Crippen LogP contribution is -2.21. The molecule has 0 saturated heterocycles. The van der Waals surface area contributed by atoms with Gasteiger partial charge in [0.2, 0.25) is 5.75 Å². The monoisotopic (exact) mass is 430 g/mol. The topological polar surface area (TPSA) is 96.0 Å². The number of halogens is 1. The molecule has 156 valence electrons. The fraction of sp³-hybridized carbons (Fsp3) is 0.190. The van der Waals surface area contributed by atoms with Crippen molar-refractivity contribution in [2.75, 3.05) is 33.3 Å². The highest BCUT2D eigenvalue weighted by Crippen LogP contribution is 2.39. The molecule has 3 aromatic rings. The zero-order valence-corrected chi connectivity index (χ0v) is 17.3. The van der Waals surface area contributed by atoms with Crippen molar-refractivity contribution < 1.29 is 28.5 Å². The van der Waals surface area contributed by atoms with Crippen molar-refractivity contribution >= 4 is 40.1 Å². The van der Waals surface area contributed by atoms with E-state index in [9.17, 15) is 9.59 Å². The average Bonchev–Trinajstić information content (AvgIpc) is 2.76. The number of nitrogens with zero attached hydrogens (tertiary/aromatic N) is 1. The molecule has 1 amide bonds. The Hall–Kier alpha value is -3.52. The molecule has 0 aliphatic rings. The summed E-state index contributed by atoms with van der Waals surface area (Å²) in [5.41, 5.74) is 1.35. The van der Waals surface area contributed by atoms with Crippen LogP contribution in [-0.4, -0.2) is 44.8 Å². The van der Waals surface area contributed by atoms with E-state index in [0.717, 1.165) is 5.39 Å². The van der Waals surface area contributed by atoms with Gasteiger partial charge in [-0.1, -0.05) is 11.6 Å². The van der Waals surface area contributed by atoms with E-state index in [-0.39, 0.29) is 0 Å². The van der Waals surface area contributed by atoms with E-state index in [1.54, 1.807) is 42.5 Å². The number of anilines is 1. The minimum absolute atomic E-state index is 0.298. The Kier molecular flexibility index (Phi) is 6.58. The highest BCUT2D eigenvalue weighted by Gasteiger charge is 2.16. The van der Waals surface area contributed by atoms with E-state index in [2.05, 4.69) is 10.3 Å². The molecule has 0 aliphatic heterocycles. The van der Waals surface area contributed by atoms with Gasteiger partial charge in [0.25, 0.3) is 5.91 Å². The number of amides is 1. The fourth-order valence-corrected chi connectivity index (χ4v) is 2.95. The van der Waals surface area contributed by atoms with Crippen molar-refractivity contribution in [3.63, 3.8) is 0 Å². The molecule has 9 heteroatoms. The van der Waals surface area contributed by atoms with Crippen LogP contribution in [0, 0.1) is 0 Å². The summed E-state index contributed by atoms with van der Waals surface area (Å²) in [6, 6.07) is 11.4. The van der Waals surface area contributed by atoms with Crippen LogP contribution in [-0.2, 0) is 9.53 Å². The Balaban J connectivity index is 1.66.